The summed E-state index contributed by atoms with van der Waals surface area (Å²) >= 11 is 0. The number of anilines is 1. The van der Waals surface area contributed by atoms with Crippen molar-refractivity contribution in [3.63, 3.8) is 0 Å². The summed E-state index contributed by atoms with van der Waals surface area (Å²) in [6.45, 7) is 5.02. The summed E-state index contributed by atoms with van der Waals surface area (Å²) in [5, 5.41) is 2.96. The van der Waals surface area contributed by atoms with Crippen LogP contribution in [0.1, 0.15) is 26.2 Å². The number of likely N-dealkylation sites (tertiary alicyclic amines) is 1. The van der Waals surface area contributed by atoms with Crippen LogP contribution in [0.25, 0.3) is 0 Å². The number of amides is 1. The molecule has 3 unspecified atom stereocenters. The molecule has 6 heteroatoms. The van der Waals surface area contributed by atoms with Gasteiger partial charge in [0.25, 0.3) is 0 Å². The van der Waals surface area contributed by atoms with Crippen molar-refractivity contribution in [3.8, 4) is 5.75 Å². The number of halogens is 1. The lowest BCUT2D eigenvalue weighted by atomic mass is 9.78. The summed E-state index contributed by atoms with van der Waals surface area (Å²) < 4.78 is 5.40. The lowest BCUT2D eigenvalue weighted by molar-refractivity contribution is -0.117. The molecule has 3 rings (SSSR count). The predicted octanol–water partition coefficient (Wildman–Crippen LogP) is 2.50. The van der Waals surface area contributed by atoms with Crippen LogP contribution in [0.5, 0.6) is 5.75 Å². The Kier molecular flexibility index (Phi) is 6.90. The van der Waals surface area contributed by atoms with E-state index in [9.17, 15) is 4.79 Å². The molecule has 1 aliphatic carbocycles. The van der Waals surface area contributed by atoms with E-state index < -0.39 is 0 Å². The van der Waals surface area contributed by atoms with Gasteiger partial charge >= 0.3 is 0 Å². The summed E-state index contributed by atoms with van der Waals surface area (Å²) in [6.07, 6.45) is 3.62. The minimum atomic E-state index is 0. The highest BCUT2D eigenvalue weighted by molar-refractivity contribution is 5.92. The third kappa shape index (κ3) is 4.62. The average molecular weight is 354 g/mol. The Labute approximate surface area is 150 Å². The number of fused-ring (bicyclic) bond motifs is 1. The standard InChI is InChI=1S/C18H27N3O2.ClH/c1-2-23-15-8-6-14(7-9-15)20-18(22)12-21-10-13-4-3-5-17(19)16(13)11-21;/h6-9,13,16-17H,2-5,10-12,19H2,1H3,(H,20,22);1H. The van der Waals surface area contributed by atoms with Crippen LogP contribution in [0.15, 0.2) is 24.3 Å². The van der Waals surface area contributed by atoms with Crippen molar-refractivity contribution in [3.05, 3.63) is 24.3 Å². The molecule has 1 aromatic carbocycles. The van der Waals surface area contributed by atoms with E-state index in [4.69, 9.17) is 10.5 Å². The smallest absolute Gasteiger partial charge is 0.238 e. The number of carbonyl (C=O) groups excluding carboxylic acids is 1. The number of rotatable bonds is 5. The molecule has 1 aliphatic heterocycles. The lowest BCUT2D eigenvalue weighted by Crippen LogP contribution is -2.38. The van der Waals surface area contributed by atoms with Crippen LogP contribution in [0.4, 0.5) is 5.69 Å². The molecule has 5 nitrogen and oxygen atoms in total. The van der Waals surface area contributed by atoms with E-state index in [-0.39, 0.29) is 18.3 Å². The fourth-order valence-electron chi connectivity index (χ4n) is 3.94. The second-order valence-electron chi connectivity index (χ2n) is 6.72. The molecule has 2 aliphatic rings. The van der Waals surface area contributed by atoms with Gasteiger partial charge in [0, 0.05) is 24.8 Å². The molecule has 2 fully saturated rings. The normalized spacial score (nSPS) is 26.3. The van der Waals surface area contributed by atoms with Gasteiger partial charge in [-0.25, -0.2) is 0 Å². The maximum absolute atomic E-state index is 12.3. The Bertz CT molecular complexity index is 538. The fraction of sp³-hybridized carbons (Fsp3) is 0.611. The van der Waals surface area contributed by atoms with Crippen LogP contribution < -0.4 is 15.8 Å². The zero-order chi connectivity index (χ0) is 16.2. The number of hydrogen-bond acceptors (Lipinski definition) is 4. The molecule has 0 bridgehead atoms. The summed E-state index contributed by atoms with van der Waals surface area (Å²) in [6, 6.07) is 7.82. The molecule has 1 amide bonds. The van der Waals surface area contributed by atoms with Gasteiger partial charge in [0.15, 0.2) is 0 Å². The van der Waals surface area contributed by atoms with Crippen LogP contribution in [-0.4, -0.2) is 43.1 Å². The molecule has 0 radical (unpaired) electrons. The van der Waals surface area contributed by atoms with Gasteiger partial charge in [-0.2, -0.15) is 0 Å². The van der Waals surface area contributed by atoms with Gasteiger partial charge in [0.2, 0.25) is 5.91 Å². The number of carbonyl (C=O) groups is 1. The summed E-state index contributed by atoms with van der Waals surface area (Å²) in [5.74, 6) is 2.11. The number of ether oxygens (including phenoxy) is 1. The predicted molar refractivity (Wildman–Crippen MR) is 98.7 cm³/mol. The molecule has 1 saturated heterocycles. The third-order valence-corrected chi connectivity index (χ3v) is 5.05. The average Bonchev–Trinajstić information content (AvgIpc) is 2.93. The Morgan fingerprint density at radius 3 is 2.71 bits per heavy atom. The molecule has 3 N–H and O–H groups in total. The number of hydrogen-bond donors (Lipinski definition) is 2. The second-order valence-corrected chi connectivity index (χ2v) is 6.72. The molecule has 1 saturated carbocycles. The molecule has 134 valence electrons. The van der Waals surface area contributed by atoms with E-state index in [1.807, 2.05) is 31.2 Å². The van der Waals surface area contributed by atoms with Crippen LogP contribution in [-0.2, 0) is 4.79 Å². The van der Waals surface area contributed by atoms with Gasteiger partial charge in [-0.1, -0.05) is 6.42 Å². The highest BCUT2D eigenvalue weighted by atomic mass is 35.5. The van der Waals surface area contributed by atoms with Crippen molar-refractivity contribution in [1.82, 2.24) is 4.90 Å². The van der Waals surface area contributed by atoms with Gasteiger partial charge in [0.1, 0.15) is 5.75 Å². The van der Waals surface area contributed by atoms with Gasteiger partial charge < -0.3 is 15.8 Å². The van der Waals surface area contributed by atoms with Crippen molar-refractivity contribution in [1.29, 1.82) is 0 Å². The first kappa shape index (κ1) is 19.0. The van der Waals surface area contributed by atoms with E-state index >= 15 is 0 Å². The van der Waals surface area contributed by atoms with Crippen LogP contribution in [0.2, 0.25) is 0 Å². The van der Waals surface area contributed by atoms with Crippen LogP contribution in [0.3, 0.4) is 0 Å². The van der Waals surface area contributed by atoms with Gasteiger partial charge in [-0.3, -0.25) is 9.69 Å². The quantitative estimate of drug-likeness (QED) is 0.853. The minimum absolute atomic E-state index is 0. The first-order valence-electron chi connectivity index (χ1n) is 8.66. The molecular formula is C18H28ClN3O2. The van der Waals surface area contributed by atoms with E-state index in [2.05, 4.69) is 10.2 Å². The van der Waals surface area contributed by atoms with E-state index in [0.717, 1.165) is 30.9 Å². The number of nitrogens with zero attached hydrogens (tertiary/aromatic N) is 1. The first-order valence-corrected chi connectivity index (χ1v) is 8.66. The number of nitrogens with one attached hydrogen (secondary N) is 1. The Morgan fingerprint density at radius 2 is 2.04 bits per heavy atom. The van der Waals surface area contributed by atoms with Crippen molar-refractivity contribution in [2.24, 2.45) is 17.6 Å². The van der Waals surface area contributed by atoms with Crippen molar-refractivity contribution < 1.29 is 9.53 Å². The monoisotopic (exact) mass is 353 g/mol. The molecule has 0 spiro atoms. The molecular weight excluding hydrogens is 326 g/mol. The van der Waals surface area contributed by atoms with Gasteiger partial charge in [-0.15, -0.1) is 12.4 Å². The second kappa shape index (κ2) is 8.70. The number of benzene rings is 1. The molecule has 3 atom stereocenters. The maximum Gasteiger partial charge on any atom is 0.238 e. The highest BCUT2D eigenvalue weighted by Crippen LogP contribution is 2.35. The van der Waals surface area contributed by atoms with Crippen molar-refractivity contribution >= 4 is 24.0 Å². The zero-order valence-electron chi connectivity index (χ0n) is 14.2. The molecule has 24 heavy (non-hydrogen) atoms. The van der Waals surface area contributed by atoms with E-state index in [1.165, 1.54) is 12.8 Å². The summed E-state index contributed by atoms with van der Waals surface area (Å²) in [7, 11) is 0. The summed E-state index contributed by atoms with van der Waals surface area (Å²) in [5.41, 5.74) is 7.05. The van der Waals surface area contributed by atoms with E-state index in [1.54, 1.807) is 0 Å². The Balaban J connectivity index is 0.00000208. The molecule has 1 heterocycles. The van der Waals surface area contributed by atoms with Crippen LogP contribution in [0, 0.1) is 11.8 Å². The zero-order valence-corrected chi connectivity index (χ0v) is 15.1. The van der Waals surface area contributed by atoms with Gasteiger partial charge in [-0.05, 0) is 55.9 Å². The van der Waals surface area contributed by atoms with Crippen molar-refractivity contribution in [2.75, 3.05) is 31.6 Å². The largest absolute Gasteiger partial charge is 0.494 e. The topological polar surface area (TPSA) is 67.6 Å². The lowest BCUT2D eigenvalue weighted by Gasteiger charge is -2.29. The fourth-order valence-corrected chi connectivity index (χ4v) is 3.94. The van der Waals surface area contributed by atoms with E-state index in [0.29, 0.717) is 31.0 Å². The third-order valence-electron chi connectivity index (χ3n) is 5.05. The number of nitrogens with two attached hydrogens (primary N) is 1. The Morgan fingerprint density at radius 1 is 1.29 bits per heavy atom. The Hall–Kier alpha value is -1.30. The molecule has 1 aromatic rings. The van der Waals surface area contributed by atoms with Crippen LogP contribution >= 0.6 is 12.4 Å². The maximum atomic E-state index is 12.3. The van der Waals surface area contributed by atoms with Gasteiger partial charge in [0.05, 0.1) is 13.2 Å². The first-order chi connectivity index (χ1) is 11.2. The van der Waals surface area contributed by atoms with Crippen molar-refractivity contribution in [2.45, 2.75) is 32.2 Å². The minimum Gasteiger partial charge on any atom is -0.494 e. The summed E-state index contributed by atoms with van der Waals surface area (Å²) in [4.78, 5) is 14.5. The SMILES string of the molecule is CCOc1ccc(NC(=O)CN2CC3CCCC(N)C3C2)cc1.Cl. The molecule has 0 aromatic heterocycles. The highest BCUT2D eigenvalue weighted by Gasteiger charge is 2.38.